The largest absolute Gasteiger partial charge is 0.497 e. The standard InChI is InChI=1S/C23H25N3O3/c1-14-4-5-16(10-15(14)2)24-22(27)13-26-9-8-21-19(12-26)23(28)18-11-17(29-3)6-7-20(18)25-21/h4-7,10-11H,8-9,12-13H2,1-3H3,(H,24,27)(H,25,28). The average molecular weight is 391 g/mol. The summed E-state index contributed by atoms with van der Waals surface area (Å²) < 4.78 is 5.25. The molecule has 6 nitrogen and oxygen atoms in total. The van der Waals surface area contributed by atoms with Crippen LogP contribution in [0.2, 0.25) is 0 Å². The molecule has 1 aliphatic rings. The van der Waals surface area contributed by atoms with E-state index in [0.29, 0.717) is 24.1 Å². The van der Waals surface area contributed by atoms with Gasteiger partial charge in [-0.25, -0.2) is 0 Å². The van der Waals surface area contributed by atoms with Crippen LogP contribution in [-0.4, -0.2) is 36.0 Å². The van der Waals surface area contributed by atoms with E-state index in [1.807, 2.05) is 49.1 Å². The number of amides is 1. The Labute approximate surface area is 169 Å². The fraction of sp³-hybridized carbons (Fsp3) is 0.304. The molecule has 1 amide bonds. The first-order valence-electron chi connectivity index (χ1n) is 9.76. The number of carbonyl (C=O) groups is 1. The van der Waals surface area contributed by atoms with Gasteiger partial charge in [0.1, 0.15) is 5.75 Å². The molecular weight excluding hydrogens is 366 g/mol. The molecule has 1 aliphatic heterocycles. The highest BCUT2D eigenvalue weighted by Gasteiger charge is 2.22. The third-order valence-electron chi connectivity index (χ3n) is 5.61. The molecule has 0 radical (unpaired) electrons. The third-order valence-corrected chi connectivity index (χ3v) is 5.61. The van der Waals surface area contributed by atoms with Crippen LogP contribution in [0.25, 0.3) is 10.9 Å². The molecule has 0 bridgehead atoms. The molecule has 150 valence electrons. The maximum absolute atomic E-state index is 13.0. The number of fused-ring (bicyclic) bond motifs is 2. The zero-order valence-corrected chi connectivity index (χ0v) is 17.0. The van der Waals surface area contributed by atoms with Gasteiger partial charge in [-0.2, -0.15) is 0 Å². The van der Waals surface area contributed by atoms with Crippen LogP contribution in [0.1, 0.15) is 22.4 Å². The predicted octanol–water partition coefficient (Wildman–Crippen LogP) is 3.15. The minimum Gasteiger partial charge on any atom is -0.497 e. The summed E-state index contributed by atoms with van der Waals surface area (Å²) in [6, 6.07) is 11.4. The second kappa shape index (κ2) is 7.72. The number of pyridine rings is 1. The molecule has 0 aliphatic carbocycles. The first-order chi connectivity index (χ1) is 13.9. The van der Waals surface area contributed by atoms with Gasteiger partial charge in [0, 0.05) is 47.4 Å². The van der Waals surface area contributed by atoms with Gasteiger partial charge in [0.25, 0.3) is 0 Å². The Bertz CT molecular complexity index is 1150. The summed E-state index contributed by atoms with van der Waals surface area (Å²) in [4.78, 5) is 30.9. The van der Waals surface area contributed by atoms with Crippen LogP contribution in [0.4, 0.5) is 5.69 Å². The number of ether oxygens (including phenoxy) is 1. The van der Waals surface area contributed by atoms with Crippen LogP contribution in [0.15, 0.2) is 41.2 Å². The van der Waals surface area contributed by atoms with Crippen LogP contribution < -0.4 is 15.5 Å². The number of anilines is 1. The highest BCUT2D eigenvalue weighted by molar-refractivity contribution is 5.92. The molecule has 0 atom stereocenters. The van der Waals surface area contributed by atoms with Gasteiger partial charge in [0.15, 0.2) is 5.43 Å². The van der Waals surface area contributed by atoms with Crippen LogP contribution in [0, 0.1) is 13.8 Å². The topological polar surface area (TPSA) is 74.4 Å². The highest BCUT2D eigenvalue weighted by atomic mass is 16.5. The van der Waals surface area contributed by atoms with Gasteiger partial charge in [-0.05, 0) is 55.3 Å². The number of nitrogens with one attached hydrogen (secondary N) is 2. The van der Waals surface area contributed by atoms with Crippen LogP contribution in [-0.2, 0) is 17.8 Å². The van der Waals surface area contributed by atoms with E-state index >= 15 is 0 Å². The lowest BCUT2D eigenvalue weighted by atomic mass is 10.0. The number of rotatable bonds is 4. The minimum atomic E-state index is -0.0735. The lowest BCUT2D eigenvalue weighted by molar-refractivity contribution is -0.117. The molecule has 0 unspecified atom stereocenters. The zero-order chi connectivity index (χ0) is 20.5. The number of H-pyrrole nitrogens is 1. The summed E-state index contributed by atoms with van der Waals surface area (Å²) in [6.45, 7) is 5.51. The summed E-state index contributed by atoms with van der Waals surface area (Å²) in [5, 5.41) is 3.57. The Balaban J connectivity index is 1.51. The van der Waals surface area contributed by atoms with E-state index in [4.69, 9.17) is 4.74 Å². The molecular formula is C23H25N3O3. The number of nitrogens with zero attached hydrogens (tertiary/aromatic N) is 1. The van der Waals surface area contributed by atoms with E-state index in [9.17, 15) is 9.59 Å². The van der Waals surface area contributed by atoms with Crippen LogP contribution >= 0.6 is 0 Å². The Hall–Kier alpha value is -3.12. The molecule has 3 aromatic rings. The first-order valence-corrected chi connectivity index (χ1v) is 9.76. The van der Waals surface area contributed by atoms with Crippen LogP contribution in [0.3, 0.4) is 0 Å². The molecule has 29 heavy (non-hydrogen) atoms. The second-order valence-corrected chi connectivity index (χ2v) is 7.63. The maximum Gasteiger partial charge on any atom is 0.238 e. The molecule has 2 N–H and O–H groups in total. The lowest BCUT2D eigenvalue weighted by Crippen LogP contribution is -2.39. The van der Waals surface area contributed by atoms with Gasteiger partial charge >= 0.3 is 0 Å². The third kappa shape index (κ3) is 3.89. The molecule has 1 aromatic heterocycles. The number of carbonyl (C=O) groups excluding carboxylic acids is 1. The average Bonchev–Trinajstić information content (AvgIpc) is 2.71. The maximum atomic E-state index is 13.0. The minimum absolute atomic E-state index is 0.00641. The number of benzene rings is 2. The normalized spacial score (nSPS) is 13.9. The molecule has 0 saturated carbocycles. The molecule has 0 fully saturated rings. The zero-order valence-electron chi connectivity index (χ0n) is 17.0. The highest BCUT2D eigenvalue weighted by Crippen LogP contribution is 2.22. The first kappa shape index (κ1) is 19.2. The van der Waals surface area contributed by atoms with Gasteiger partial charge < -0.3 is 15.0 Å². The Morgan fingerprint density at radius 2 is 2.00 bits per heavy atom. The number of methoxy groups -OCH3 is 1. The van der Waals surface area contributed by atoms with Crippen molar-refractivity contribution < 1.29 is 9.53 Å². The number of aromatic amines is 1. The van der Waals surface area contributed by atoms with Crippen molar-refractivity contribution in [1.29, 1.82) is 0 Å². The van der Waals surface area contributed by atoms with E-state index in [-0.39, 0.29) is 17.9 Å². The summed E-state index contributed by atoms with van der Waals surface area (Å²) >= 11 is 0. The van der Waals surface area contributed by atoms with Gasteiger partial charge in [0.05, 0.1) is 13.7 Å². The fourth-order valence-corrected chi connectivity index (χ4v) is 3.80. The van der Waals surface area contributed by atoms with Crippen molar-refractivity contribution in [1.82, 2.24) is 9.88 Å². The number of aromatic nitrogens is 1. The number of hydrogen-bond donors (Lipinski definition) is 2. The Kier molecular flexibility index (Phi) is 5.11. The van der Waals surface area contributed by atoms with E-state index < -0.39 is 0 Å². The monoisotopic (exact) mass is 391 g/mol. The summed E-state index contributed by atoms with van der Waals surface area (Å²) in [5.74, 6) is 0.582. The summed E-state index contributed by atoms with van der Waals surface area (Å²) in [7, 11) is 1.59. The Morgan fingerprint density at radius 1 is 1.17 bits per heavy atom. The summed E-state index contributed by atoms with van der Waals surface area (Å²) in [5.41, 5.74) is 5.64. The summed E-state index contributed by atoms with van der Waals surface area (Å²) in [6.07, 6.45) is 0.712. The van der Waals surface area contributed by atoms with E-state index in [0.717, 1.165) is 34.6 Å². The van der Waals surface area contributed by atoms with Crippen molar-refractivity contribution in [3.05, 3.63) is 69.0 Å². The van der Waals surface area contributed by atoms with E-state index in [1.54, 1.807) is 13.2 Å². The second-order valence-electron chi connectivity index (χ2n) is 7.63. The molecule has 6 heteroatoms. The fourth-order valence-electron chi connectivity index (χ4n) is 3.80. The lowest BCUT2D eigenvalue weighted by Gasteiger charge is -2.28. The van der Waals surface area contributed by atoms with Gasteiger partial charge in [-0.3, -0.25) is 14.5 Å². The van der Waals surface area contributed by atoms with Crippen molar-refractivity contribution in [3.8, 4) is 5.75 Å². The van der Waals surface area contributed by atoms with Gasteiger partial charge in [-0.1, -0.05) is 6.07 Å². The molecule has 0 spiro atoms. The molecule has 2 heterocycles. The predicted molar refractivity (Wildman–Crippen MR) is 115 cm³/mol. The van der Waals surface area contributed by atoms with Crippen molar-refractivity contribution in [2.75, 3.05) is 25.5 Å². The van der Waals surface area contributed by atoms with Crippen molar-refractivity contribution in [2.24, 2.45) is 0 Å². The Morgan fingerprint density at radius 3 is 2.76 bits per heavy atom. The molecule has 2 aromatic carbocycles. The van der Waals surface area contributed by atoms with Gasteiger partial charge in [-0.15, -0.1) is 0 Å². The van der Waals surface area contributed by atoms with Crippen molar-refractivity contribution >= 4 is 22.5 Å². The molecule has 0 saturated heterocycles. The molecule has 4 rings (SSSR count). The van der Waals surface area contributed by atoms with Crippen LogP contribution in [0.5, 0.6) is 5.75 Å². The van der Waals surface area contributed by atoms with Crippen molar-refractivity contribution in [2.45, 2.75) is 26.8 Å². The van der Waals surface area contributed by atoms with E-state index in [1.165, 1.54) is 5.56 Å². The SMILES string of the molecule is COc1ccc2[nH]c3c(c(=O)c2c1)CN(CC(=O)Nc1ccc(C)c(C)c1)CC3. The number of hydrogen-bond acceptors (Lipinski definition) is 4. The van der Waals surface area contributed by atoms with Crippen molar-refractivity contribution in [3.63, 3.8) is 0 Å². The smallest absolute Gasteiger partial charge is 0.238 e. The van der Waals surface area contributed by atoms with E-state index in [2.05, 4.69) is 10.3 Å². The quantitative estimate of drug-likeness (QED) is 0.717. The number of aryl methyl sites for hydroxylation is 2. The van der Waals surface area contributed by atoms with Gasteiger partial charge in [0.2, 0.25) is 5.91 Å².